The van der Waals surface area contributed by atoms with Crippen LogP contribution in [-0.2, 0) is 4.74 Å². The molecule has 2 nitrogen and oxygen atoms in total. The second-order valence-corrected chi connectivity index (χ2v) is 5.21. The van der Waals surface area contributed by atoms with Crippen molar-refractivity contribution in [2.24, 2.45) is 11.7 Å². The van der Waals surface area contributed by atoms with E-state index in [0.717, 1.165) is 13.0 Å². The molecule has 1 aromatic rings. The highest BCUT2D eigenvalue weighted by atomic mass is 32.1. The van der Waals surface area contributed by atoms with Crippen LogP contribution >= 0.6 is 11.3 Å². The van der Waals surface area contributed by atoms with Gasteiger partial charge in [-0.15, -0.1) is 11.3 Å². The lowest BCUT2D eigenvalue weighted by Gasteiger charge is -2.23. The van der Waals surface area contributed by atoms with Crippen LogP contribution in [-0.4, -0.2) is 12.6 Å². The maximum Gasteiger partial charge on any atom is 0.107 e. The number of hydrogen-bond donors (Lipinski definition) is 1. The third-order valence-corrected chi connectivity index (χ3v) is 3.23. The number of ether oxygens (including phenoxy) is 1. The van der Waals surface area contributed by atoms with Crippen LogP contribution in [0.4, 0.5) is 0 Å². The molecule has 0 fully saturated rings. The topological polar surface area (TPSA) is 35.2 Å². The molecule has 2 N–H and O–H groups in total. The number of nitrogens with two attached hydrogens (primary N) is 1. The van der Waals surface area contributed by atoms with E-state index in [1.165, 1.54) is 4.88 Å². The van der Waals surface area contributed by atoms with E-state index in [1.807, 2.05) is 6.07 Å². The molecule has 0 aromatic carbocycles. The van der Waals surface area contributed by atoms with E-state index in [9.17, 15) is 0 Å². The molecule has 0 aliphatic rings. The second kappa shape index (κ2) is 6.26. The Morgan fingerprint density at radius 3 is 2.67 bits per heavy atom. The van der Waals surface area contributed by atoms with Gasteiger partial charge in [0.15, 0.2) is 0 Å². The van der Waals surface area contributed by atoms with Gasteiger partial charge in [0.25, 0.3) is 0 Å². The van der Waals surface area contributed by atoms with Gasteiger partial charge in [-0.05, 0) is 23.8 Å². The van der Waals surface area contributed by atoms with Crippen molar-refractivity contribution in [1.82, 2.24) is 0 Å². The molecule has 1 heterocycles. The van der Waals surface area contributed by atoms with Gasteiger partial charge in [0, 0.05) is 17.5 Å². The van der Waals surface area contributed by atoms with Gasteiger partial charge < -0.3 is 10.5 Å². The molecule has 1 aromatic heterocycles. The smallest absolute Gasteiger partial charge is 0.107 e. The molecule has 2 atom stereocenters. The molecule has 15 heavy (non-hydrogen) atoms. The third-order valence-electron chi connectivity index (χ3n) is 2.29. The summed E-state index contributed by atoms with van der Waals surface area (Å²) in [5.74, 6) is 0.552. The van der Waals surface area contributed by atoms with Crippen LogP contribution in [0.15, 0.2) is 17.5 Å². The van der Waals surface area contributed by atoms with Crippen molar-refractivity contribution >= 4 is 11.3 Å². The summed E-state index contributed by atoms with van der Waals surface area (Å²) >= 11 is 1.72. The normalized spacial score (nSPS) is 15.5. The van der Waals surface area contributed by atoms with Gasteiger partial charge in [-0.1, -0.05) is 26.8 Å². The molecular formula is C12H21NOS. The van der Waals surface area contributed by atoms with Crippen LogP contribution in [0.1, 0.15) is 38.2 Å². The highest BCUT2D eigenvalue weighted by Crippen LogP contribution is 2.26. The first kappa shape index (κ1) is 12.7. The Morgan fingerprint density at radius 2 is 2.20 bits per heavy atom. The Labute approximate surface area is 96.4 Å². The Kier molecular flexibility index (Phi) is 5.29. The van der Waals surface area contributed by atoms with E-state index < -0.39 is 0 Å². The Bertz CT molecular complexity index is 259. The lowest BCUT2D eigenvalue weighted by molar-refractivity contribution is 0.0200. The molecule has 86 valence electrons. The monoisotopic (exact) mass is 227 g/mol. The van der Waals surface area contributed by atoms with E-state index in [1.54, 1.807) is 11.3 Å². The maximum atomic E-state index is 6.08. The SMILES string of the molecule is CCC(N)C(OCC(C)C)c1cccs1. The minimum absolute atomic E-state index is 0.0670. The summed E-state index contributed by atoms with van der Waals surface area (Å²) in [5, 5.41) is 2.07. The first-order valence-corrected chi connectivity index (χ1v) is 6.43. The zero-order chi connectivity index (χ0) is 11.3. The zero-order valence-electron chi connectivity index (χ0n) is 9.77. The second-order valence-electron chi connectivity index (χ2n) is 4.24. The molecule has 0 aliphatic heterocycles. The predicted octanol–water partition coefficient (Wildman–Crippen LogP) is 3.20. The summed E-state index contributed by atoms with van der Waals surface area (Å²) in [6.07, 6.45) is 1.01. The first-order valence-electron chi connectivity index (χ1n) is 5.55. The van der Waals surface area contributed by atoms with Crippen molar-refractivity contribution in [1.29, 1.82) is 0 Å². The van der Waals surface area contributed by atoms with Gasteiger partial charge in [-0.25, -0.2) is 0 Å². The number of thiophene rings is 1. The van der Waals surface area contributed by atoms with Crippen LogP contribution in [0.5, 0.6) is 0 Å². The average molecular weight is 227 g/mol. The van der Waals surface area contributed by atoms with Crippen LogP contribution < -0.4 is 5.73 Å². The molecule has 0 aliphatic carbocycles. The maximum absolute atomic E-state index is 6.08. The van der Waals surface area contributed by atoms with Crippen molar-refractivity contribution < 1.29 is 4.74 Å². The lowest BCUT2D eigenvalue weighted by Crippen LogP contribution is -2.29. The summed E-state index contributed by atoms with van der Waals surface area (Å²) in [7, 11) is 0. The molecule has 3 heteroatoms. The minimum atomic E-state index is 0.0670. The first-order chi connectivity index (χ1) is 7.15. The third kappa shape index (κ3) is 3.93. The number of rotatable bonds is 6. The van der Waals surface area contributed by atoms with E-state index in [-0.39, 0.29) is 12.1 Å². The standard InChI is InChI=1S/C12H21NOS/c1-4-10(13)12(14-8-9(2)3)11-6-5-7-15-11/h5-7,9-10,12H,4,8,13H2,1-3H3. The minimum Gasteiger partial charge on any atom is -0.371 e. The molecule has 2 unspecified atom stereocenters. The van der Waals surface area contributed by atoms with Crippen molar-refractivity contribution in [3.63, 3.8) is 0 Å². The van der Waals surface area contributed by atoms with E-state index in [0.29, 0.717) is 5.92 Å². The summed E-state index contributed by atoms with van der Waals surface area (Å²) in [5.41, 5.74) is 6.08. The highest BCUT2D eigenvalue weighted by Gasteiger charge is 2.20. The zero-order valence-corrected chi connectivity index (χ0v) is 10.6. The largest absolute Gasteiger partial charge is 0.371 e. The Balaban J connectivity index is 2.62. The van der Waals surface area contributed by atoms with Gasteiger partial charge in [-0.3, -0.25) is 0 Å². The lowest BCUT2D eigenvalue weighted by atomic mass is 10.1. The van der Waals surface area contributed by atoms with Gasteiger partial charge in [0.05, 0.1) is 0 Å². The van der Waals surface area contributed by atoms with Gasteiger partial charge in [0.1, 0.15) is 6.10 Å². The van der Waals surface area contributed by atoms with Gasteiger partial charge in [-0.2, -0.15) is 0 Å². The molecule has 1 rings (SSSR count). The van der Waals surface area contributed by atoms with Gasteiger partial charge >= 0.3 is 0 Å². The van der Waals surface area contributed by atoms with Crippen LogP contribution in [0.25, 0.3) is 0 Å². The summed E-state index contributed by atoms with van der Waals surface area (Å²) < 4.78 is 5.89. The van der Waals surface area contributed by atoms with Crippen LogP contribution in [0, 0.1) is 5.92 Å². The molecule has 0 saturated carbocycles. The molecule has 0 spiro atoms. The fraction of sp³-hybridized carbons (Fsp3) is 0.667. The quantitative estimate of drug-likeness (QED) is 0.810. The average Bonchev–Trinajstić information content (AvgIpc) is 2.70. The van der Waals surface area contributed by atoms with E-state index >= 15 is 0 Å². The fourth-order valence-corrected chi connectivity index (χ4v) is 2.23. The van der Waals surface area contributed by atoms with Crippen molar-refractivity contribution in [2.75, 3.05) is 6.61 Å². The summed E-state index contributed by atoms with van der Waals surface area (Å²) in [4.78, 5) is 1.24. The summed E-state index contributed by atoms with van der Waals surface area (Å²) in [6.45, 7) is 7.19. The van der Waals surface area contributed by atoms with Gasteiger partial charge in [0.2, 0.25) is 0 Å². The molecule has 0 amide bonds. The fourth-order valence-electron chi connectivity index (χ4n) is 1.38. The molecule has 0 bridgehead atoms. The van der Waals surface area contributed by atoms with Crippen molar-refractivity contribution in [2.45, 2.75) is 39.3 Å². The van der Waals surface area contributed by atoms with Crippen LogP contribution in [0.2, 0.25) is 0 Å². The van der Waals surface area contributed by atoms with E-state index in [4.69, 9.17) is 10.5 Å². The number of hydrogen-bond acceptors (Lipinski definition) is 3. The van der Waals surface area contributed by atoms with E-state index in [2.05, 4.69) is 32.2 Å². The summed E-state index contributed by atoms with van der Waals surface area (Å²) in [6, 6.07) is 4.25. The Hall–Kier alpha value is -0.380. The van der Waals surface area contributed by atoms with Crippen molar-refractivity contribution in [3.05, 3.63) is 22.4 Å². The molecular weight excluding hydrogens is 206 g/mol. The predicted molar refractivity (Wildman–Crippen MR) is 66.1 cm³/mol. The molecule has 0 radical (unpaired) electrons. The molecule has 0 saturated heterocycles. The van der Waals surface area contributed by atoms with Crippen molar-refractivity contribution in [3.8, 4) is 0 Å². The van der Waals surface area contributed by atoms with Crippen LogP contribution in [0.3, 0.4) is 0 Å². The highest BCUT2D eigenvalue weighted by molar-refractivity contribution is 7.10. The Morgan fingerprint density at radius 1 is 1.47 bits per heavy atom.